The number of hydrogen-bond donors (Lipinski definition) is 2. The Balaban J connectivity index is 2.53. The maximum absolute atomic E-state index is 13.2. The van der Waals surface area contributed by atoms with Gasteiger partial charge in [0.2, 0.25) is 0 Å². The molecule has 32 heavy (non-hydrogen) atoms. The largest absolute Gasteiger partial charge is 0.326 e. The van der Waals surface area contributed by atoms with Crippen molar-refractivity contribution in [2.24, 2.45) is 10.9 Å². The second-order valence-corrected chi connectivity index (χ2v) is 11.0. The van der Waals surface area contributed by atoms with Gasteiger partial charge in [0.15, 0.2) is 5.84 Å². The molecule has 0 aliphatic heterocycles. The Hall–Kier alpha value is -2.51. The summed E-state index contributed by atoms with van der Waals surface area (Å²) in [5.41, 5.74) is 2.57. The van der Waals surface area contributed by atoms with Crippen LogP contribution < -0.4 is 10.6 Å². The minimum absolute atomic E-state index is 0.00173. The molecule has 0 saturated heterocycles. The van der Waals surface area contributed by atoms with Crippen LogP contribution in [0.25, 0.3) is 0 Å². The van der Waals surface area contributed by atoms with Crippen molar-refractivity contribution in [2.45, 2.75) is 64.3 Å². The van der Waals surface area contributed by atoms with Crippen LogP contribution in [0.5, 0.6) is 0 Å². The van der Waals surface area contributed by atoms with Gasteiger partial charge in [-0.15, -0.1) is 0 Å². The average molecular weight is 477 g/mol. The highest BCUT2D eigenvalue weighted by Gasteiger charge is 2.25. The summed E-state index contributed by atoms with van der Waals surface area (Å²) in [6.45, 7) is 16.3. The summed E-state index contributed by atoms with van der Waals surface area (Å²) in [6, 6.07) is 11.7. The highest BCUT2D eigenvalue weighted by molar-refractivity contribution is 7.92. The highest BCUT2D eigenvalue weighted by atomic mass is 35.5. The molecule has 0 fully saturated rings. The fraction of sp³-hybridized carbons (Fsp3) is 0.375. The normalized spacial score (nSPS) is 12.7. The molecule has 2 aromatic carbocycles. The molecule has 0 heterocycles. The van der Waals surface area contributed by atoms with Crippen molar-refractivity contribution in [1.29, 1.82) is 0 Å². The highest BCUT2D eigenvalue weighted by Crippen LogP contribution is 2.29. The molecular formula is C24H33ClN4O2S. The topological polar surface area (TPSA) is 87.8 Å². The molecule has 3 N–H and O–H groups in total. The first-order valence-corrected chi connectivity index (χ1v) is 12.4. The number of allylic oxidation sites excluding steroid dienone is 1. The molecule has 2 aromatic rings. The number of hydrazone groups is 1. The van der Waals surface area contributed by atoms with Crippen LogP contribution in [-0.2, 0) is 15.4 Å². The summed E-state index contributed by atoms with van der Waals surface area (Å²) >= 11 is 6.25. The van der Waals surface area contributed by atoms with Crippen LogP contribution in [0.1, 0.15) is 59.1 Å². The van der Waals surface area contributed by atoms with Crippen LogP contribution in [0.15, 0.2) is 64.7 Å². The van der Waals surface area contributed by atoms with Gasteiger partial charge in [-0.1, -0.05) is 58.0 Å². The molecule has 0 amide bonds. The molecule has 0 aliphatic carbocycles. The minimum Gasteiger partial charge on any atom is -0.326 e. The van der Waals surface area contributed by atoms with Crippen molar-refractivity contribution in [1.82, 2.24) is 4.90 Å². The summed E-state index contributed by atoms with van der Waals surface area (Å²) in [5, 5.41) is 4.42. The standard InChI is InChI=1S/C24H33ClN4O2S/c1-8-17(4)29(16(2)3)23(27-26)21-15-19(25)11-14-22(21)28-32(30,31)20-12-9-18(10-13-20)24(5,6)7/h9-16,28H,4,8,26H2,1-3,5-7H3/b27-23-. The van der Waals surface area contributed by atoms with Crippen molar-refractivity contribution in [3.05, 3.63) is 70.9 Å². The first-order chi connectivity index (χ1) is 14.8. The monoisotopic (exact) mass is 476 g/mol. The lowest BCUT2D eigenvalue weighted by Gasteiger charge is -2.32. The predicted octanol–water partition coefficient (Wildman–Crippen LogP) is 5.69. The number of amidine groups is 1. The number of benzene rings is 2. The van der Waals surface area contributed by atoms with Gasteiger partial charge in [-0.2, -0.15) is 5.10 Å². The van der Waals surface area contributed by atoms with Crippen LogP contribution in [0.2, 0.25) is 5.02 Å². The van der Waals surface area contributed by atoms with Gasteiger partial charge >= 0.3 is 0 Å². The lowest BCUT2D eigenvalue weighted by atomic mass is 9.87. The SMILES string of the molecule is C=C(CC)N(/C(=N\N)c1cc(Cl)ccc1NS(=O)(=O)c1ccc(C(C)(C)C)cc1)C(C)C. The maximum atomic E-state index is 13.2. The van der Waals surface area contributed by atoms with Crippen LogP contribution in [0, 0.1) is 0 Å². The van der Waals surface area contributed by atoms with Crippen molar-refractivity contribution in [2.75, 3.05) is 4.72 Å². The summed E-state index contributed by atoms with van der Waals surface area (Å²) in [6.07, 6.45) is 0.680. The van der Waals surface area contributed by atoms with Gasteiger partial charge in [-0.25, -0.2) is 8.42 Å². The van der Waals surface area contributed by atoms with E-state index in [0.717, 1.165) is 11.3 Å². The summed E-state index contributed by atoms with van der Waals surface area (Å²) in [7, 11) is -3.85. The van der Waals surface area contributed by atoms with E-state index in [1.54, 1.807) is 30.3 Å². The Bertz CT molecular complexity index is 1100. The van der Waals surface area contributed by atoms with E-state index < -0.39 is 10.0 Å². The van der Waals surface area contributed by atoms with Gasteiger partial charge in [0.25, 0.3) is 10.0 Å². The Kier molecular flexibility index (Phi) is 8.02. The second-order valence-electron chi connectivity index (χ2n) is 8.91. The van der Waals surface area contributed by atoms with Gasteiger partial charge in [-0.3, -0.25) is 4.72 Å². The number of anilines is 1. The molecule has 174 valence electrons. The molecule has 0 aliphatic rings. The lowest BCUT2D eigenvalue weighted by molar-refractivity contribution is 0.415. The van der Waals surface area contributed by atoms with Crippen molar-refractivity contribution < 1.29 is 8.42 Å². The van der Waals surface area contributed by atoms with E-state index in [-0.39, 0.29) is 16.4 Å². The van der Waals surface area contributed by atoms with Crippen molar-refractivity contribution in [3.63, 3.8) is 0 Å². The summed E-state index contributed by atoms with van der Waals surface area (Å²) in [5.74, 6) is 6.16. The molecule has 0 unspecified atom stereocenters. The smallest absolute Gasteiger partial charge is 0.261 e. The summed E-state index contributed by atoms with van der Waals surface area (Å²) < 4.78 is 29.0. The van der Waals surface area contributed by atoms with Gasteiger partial charge in [0.05, 0.1) is 10.6 Å². The van der Waals surface area contributed by atoms with E-state index in [0.29, 0.717) is 28.5 Å². The first-order valence-electron chi connectivity index (χ1n) is 10.5. The maximum Gasteiger partial charge on any atom is 0.261 e. The quantitative estimate of drug-likeness (QED) is 0.232. The Labute approximate surface area is 197 Å². The summed E-state index contributed by atoms with van der Waals surface area (Å²) in [4.78, 5) is 2.04. The number of nitrogens with two attached hydrogens (primary N) is 1. The van der Waals surface area contributed by atoms with Gasteiger partial charge in [0, 0.05) is 22.3 Å². The second kappa shape index (κ2) is 9.96. The van der Waals surface area contributed by atoms with Crippen LogP contribution in [0.3, 0.4) is 0 Å². The third-order valence-corrected chi connectivity index (χ3v) is 6.73. The molecule has 8 heteroatoms. The molecule has 6 nitrogen and oxygen atoms in total. The first kappa shape index (κ1) is 25.7. The fourth-order valence-corrected chi connectivity index (χ4v) is 4.57. The lowest BCUT2D eigenvalue weighted by Crippen LogP contribution is -2.37. The zero-order chi connectivity index (χ0) is 24.3. The van der Waals surface area contributed by atoms with E-state index in [4.69, 9.17) is 17.4 Å². The average Bonchev–Trinajstić information content (AvgIpc) is 2.72. The zero-order valence-electron chi connectivity index (χ0n) is 19.6. The third kappa shape index (κ3) is 5.84. The molecule has 0 bridgehead atoms. The van der Waals surface area contributed by atoms with E-state index in [9.17, 15) is 8.42 Å². The number of hydrogen-bond acceptors (Lipinski definition) is 4. The molecule has 0 saturated carbocycles. The number of halogens is 1. The minimum atomic E-state index is -3.85. The molecular weight excluding hydrogens is 444 g/mol. The van der Waals surface area contributed by atoms with Crippen LogP contribution in [-0.4, -0.2) is 25.2 Å². The van der Waals surface area contributed by atoms with Crippen LogP contribution >= 0.6 is 11.6 Å². The third-order valence-electron chi connectivity index (χ3n) is 5.11. The van der Waals surface area contributed by atoms with Gasteiger partial charge < -0.3 is 10.7 Å². The van der Waals surface area contributed by atoms with Crippen LogP contribution in [0.4, 0.5) is 5.69 Å². The number of nitrogens with one attached hydrogen (secondary N) is 1. The Morgan fingerprint density at radius 3 is 2.25 bits per heavy atom. The number of rotatable bonds is 7. The van der Waals surface area contributed by atoms with E-state index >= 15 is 0 Å². The van der Waals surface area contributed by atoms with E-state index in [2.05, 4.69) is 37.2 Å². The predicted molar refractivity (Wildman–Crippen MR) is 135 cm³/mol. The van der Waals surface area contributed by atoms with Gasteiger partial charge in [0.1, 0.15) is 0 Å². The molecule has 0 atom stereocenters. The molecule has 0 aromatic heterocycles. The molecule has 0 radical (unpaired) electrons. The number of sulfonamides is 1. The van der Waals surface area contributed by atoms with Crippen molar-refractivity contribution in [3.8, 4) is 0 Å². The Morgan fingerprint density at radius 2 is 1.78 bits per heavy atom. The Morgan fingerprint density at radius 1 is 1.19 bits per heavy atom. The number of nitrogens with zero attached hydrogens (tertiary/aromatic N) is 2. The van der Waals surface area contributed by atoms with Crippen molar-refractivity contribution >= 4 is 33.1 Å². The van der Waals surface area contributed by atoms with E-state index in [1.165, 1.54) is 0 Å². The fourth-order valence-electron chi connectivity index (χ4n) is 3.32. The van der Waals surface area contributed by atoms with E-state index in [1.807, 2.05) is 37.8 Å². The van der Waals surface area contributed by atoms with Gasteiger partial charge in [-0.05, 0) is 61.6 Å². The molecule has 0 spiro atoms. The molecule has 2 rings (SSSR count). The zero-order valence-corrected chi connectivity index (χ0v) is 21.2.